The molecule has 5 rings (SSSR count). The Morgan fingerprint density at radius 2 is 2.12 bits per heavy atom. The number of amides is 1. The number of methoxy groups -OCH3 is 1. The molecule has 0 saturated carbocycles. The van der Waals surface area contributed by atoms with Gasteiger partial charge in [0.05, 0.1) is 37.9 Å². The number of rotatable bonds is 12. The number of nitrogens with two attached hydrogens (primary N) is 1. The maximum absolute atomic E-state index is 14.3. The molecule has 2 aromatic carbocycles. The summed E-state index contributed by atoms with van der Waals surface area (Å²) in [6.45, 7) is 2.49. The fourth-order valence-electron chi connectivity index (χ4n) is 5.07. The van der Waals surface area contributed by atoms with E-state index in [1.807, 2.05) is 0 Å². The summed E-state index contributed by atoms with van der Waals surface area (Å²) in [4.78, 5) is 24.4. The number of likely N-dealkylation sites (tertiary alicyclic amines) is 1. The third kappa shape index (κ3) is 5.97. The van der Waals surface area contributed by atoms with Gasteiger partial charge in [-0.05, 0) is 50.1 Å². The lowest BCUT2D eigenvalue weighted by Gasteiger charge is -2.23. The molecule has 2 aromatic heterocycles. The van der Waals surface area contributed by atoms with Crippen LogP contribution in [-0.2, 0) is 11.2 Å². The van der Waals surface area contributed by atoms with Gasteiger partial charge in [0, 0.05) is 35.8 Å². The zero-order chi connectivity index (χ0) is 28.1. The Balaban J connectivity index is 1.46. The summed E-state index contributed by atoms with van der Waals surface area (Å²) in [5, 5.41) is 17.3. The third-order valence-corrected chi connectivity index (χ3v) is 6.95. The van der Waals surface area contributed by atoms with E-state index in [1.165, 1.54) is 18.5 Å². The Kier molecular flexibility index (Phi) is 8.37. The van der Waals surface area contributed by atoms with Crippen LogP contribution >= 0.6 is 0 Å². The van der Waals surface area contributed by atoms with Gasteiger partial charge in [-0.1, -0.05) is 6.07 Å². The van der Waals surface area contributed by atoms with Crippen LogP contribution in [0.3, 0.4) is 0 Å². The first-order valence-electron chi connectivity index (χ1n) is 13.2. The highest BCUT2D eigenvalue weighted by Gasteiger charge is 2.24. The first-order valence-corrected chi connectivity index (χ1v) is 13.2. The minimum Gasteiger partial charge on any atom is -0.493 e. The Morgan fingerprint density at radius 3 is 2.90 bits per heavy atom. The SMILES string of the molecule is COc1cc2c(N(c3cccc(F)c3)c3cc(CC(N)=O)[nH]n3)ncnc2cc1OCCCN1CCC[C@H]1CO. The topological polar surface area (TPSA) is 143 Å². The molecule has 3 heterocycles. The summed E-state index contributed by atoms with van der Waals surface area (Å²) in [6.07, 6.45) is 4.31. The standard InChI is InChI=1S/C28H32FN7O4/c1-39-24-14-22-23(15-25(24)40-10-4-9-35-8-3-7-21(35)16-37)31-17-32-28(22)36(20-6-2-5-18(29)11-20)27-13-19(33-34-27)12-26(30)38/h2,5-6,11,13-15,17,21,37H,3-4,7-10,12,16H2,1H3,(H2,30,38)(H,33,34)/t21-/m0/s1. The monoisotopic (exact) mass is 549 g/mol. The van der Waals surface area contributed by atoms with Crippen molar-refractivity contribution in [2.45, 2.75) is 31.7 Å². The molecule has 0 radical (unpaired) electrons. The van der Waals surface area contributed by atoms with Crippen LogP contribution in [0, 0.1) is 5.82 Å². The number of ether oxygens (including phenoxy) is 2. The number of aromatic amines is 1. The van der Waals surface area contributed by atoms with Gasteiger partial charge in [0.25, 0.3) is 0 Å². The van der Waals surface area contributed by atoms with Crippen LogP contribution in [-0.4, -0.2) is 75.5 Å². The Morgan fingerprint density at radius 1 is 1.25 bits per heavy atom. The van der Waals surface area contributed by atoms with E-state index in [9.17, 15) is 14.3 Å². The molecular weight excluding hydrogens is 517 g/mol. The average Bonchev–Trinajstić information content (AvgIpc) is 3.60. The van der Waals surface area contributed by atoms with E-state index in [4.69, 9.17) is 15.2 Å². The number of H-pyrrole nitrogens is 1. The summed E-state index contributed by atoms with van der Waals surface area (Å²) >= 11 is 0. The van der Waals surface area contributed by atoms with Gasteiger partial charge in [-0.3, -0.25) is 19.7 Å². The van der Waals surface area contributed by atoms with Crippen molar-refractivity contribution >= 4 is 34.1 Å². The van der Waals surface area contributed by atoms with Crippen LogP contribution in [0.5, 0.6) is 11.5 Å². The van der Waals surface area contributed by atoms with E-state index >= 15 is 0 Å². The average molecular weight is 550 g/mol. The maximum Gasteiger partial charge on any atom is 0.223 e. The lowest BCUT2D eigenvalue weighted by Crippen LogP contribution is -2.33. The van der Waals surface area contributed by atoms with Gasteiger partial charge >= 0.3 is 0 Å². The van der Waals surface area contributed by atoms with Gasteiger partial charge < -0.3 is 20.3 Å². The summed E-state index contributed by atoms with van der Waals surface area (Å²) in [7, 11) is 1.56. The molecule has 0 bridgehead atoms. The molecular formula is C28H32FN7O4. The van der Waals surface area contributed by atoms with E-state index in [-0.39, 0.29) is 19.1 Å². The van der Waals surface area contributed by atoms with Gasteiger partial charge in [0.1, 0.15) is 18.0 Å². The molecule has 4 N–H and O–H groups in total. The third-order valence-electron chi connectivity index (χ3n) is 6.95. The number of primary amides is 1. The molecule has 1 aliphatic rings. The Labute approximate surface area is 230 Å². The van der Waals surface area contributed by atoms with Crippen molar-refractivity contribution in [3.63, 3.8) is 0 Å². The Hall–Kier alpha value is -4.29. The molecule has 12 heteroatoms. The Bertz CT molecular complexity index is 1480. The zero-order valence-electron chi connectivity index (χ0n) is 22.2. The van der Waals surface area contributed by atoms with Gasteiger partial charge in [-0.15, -0.1) is 0 Å². The van der Waals surface area contributed by atoms with Crippen LogP contribution in [0.25, 0.3) is 10.9 Å². The fraction of sp³-hybridized carbons (Fsp3) is 0.357. The highest BCUT2D eigenvalue weighted by atomic mass is 19.1. The first kappa shape index (κ1) is 27.3. The highest BCUT2D eigenvalue weighted by Crippen LogP contribution is 2.40. The van der Waals surface area contributed by atoms with Crippen LogP contribution in [0.1, 0.15) is 25.0 Å². The number of carbonyl (C=O) groups is 1. The quantitative estimate of drug-likeness (QED) is 0.227. The van der Waals surface area contributed by atoms with Crippen LogP contribution in [0.2, 0.25) is 0 Å². The predicted octanol–water partition coefficient (Wildman–Crippen LogP) is 3.22. The van der Waals surface area contributed by atoms with E-state index in [0.29, 0.717) is 52.0 Å². The summed E-state index contributed by atoms with van der Waals surface area (Å²) in [5.41, 5.74) is 6.92. The molecule has 1 amide bonds. The number of hydrogen-bond acceptors (Lipinski definition) is 9. The minimum atomic E-state index is -0.508. The van der Waals surface area contributed by atoms with Crippen molar-refractivity contribution in [3.8, 4) is 11.5 Å². The number of aliphatic hydroxyl groups excluding tert-OH is 1. The van der Waals surface area contributed by atoms with Crippen LogP contribution in [0.15, 0.2) is 48.8 Å². The molecule has 1 saturated heterocycles. The predicted molar refractivity (Wildman–Crippen MR) is 148 cm³/mol. The van der Waals surface area contributed by atoms with Crippen molar-refractivity contribution in [2.24, 2.45) is 5.73 Å². The lowest BCUT2D eigenvalue weighted by molar-refractivity contribution is -0.117. The molecule has 1 fully saturated rings. The first-order chi connectivity index (χ1) is 19.5. The van der Waals surface area contributed by atoms with Crippen molar-refractivity contribution < 1.29 is 23.8 Å². The summed E-state index contributed by atoms with van der Waals surface area (Å²) < 4.78 is 26.1. The number of aliphatic hydroxyl groups is 1. The van der Waals surface area contributed by atoms with Crippen molar-refractivity contribution in [1.82, 2.24) is 25.1 Å². The van der Waals surface area contributed by atoms with Crippen molar-refractivity contribution in [2.75, 3.05) is 38.3 Å². The number of carbonyl (C=O) groups excluding carboxylic acids is 1. The van der Waals surface area contributed by atoms with Crippen LogP contribution in [0.4, 0.5) is 21.7 Å². The number of fused-ring (bicyclic) bond motifs is 1. The molecule has 1 aliphatic heterocycles. The number of benzene rings is 2. The van der Waals surface area contributed by atoms with Gasteiger partial charge in [-0.25, -0.2) is 14.4 Å². The molecule has 0 unspecified atom stereocenters. The van der Waals surface area contributed by atoms with E-state index < -0.39 is 11.7 Å². The number of halogens is 1. The van der Waals surface area contributed by atoms with E-state index in [0.717, 1.165) is 32.4 Å². The zero-order valence-corrected chi connectivity index (χ0v) is 22.2. The second kappa shape index (κ2) is 12.3. The maximum atomic E-state index is 14.3. The van der Waals surface area contributed by atoms with E-state index in [2.05, 4.69) is 25.1 Å². The second-order valence-corrected chi connectivity index (χ2v) is 9.64. The number of nitrogens with one attached hydrogen (secondary N) is 1. The number of nitrogens with zero attached hydrogens (tertiary/aromatic N) is 5. The molecule has 0 aliphatic carbocycles. The number of aromatic nitrogens is 4. The van der Waals surface area contributed by atoms with Gasteiger partial charge in [0.15, 0.2) is 17.3 Å². The minimum absolute atomic E-state index is 0.0263. The number of hydrogen-bond donors (Lipinski definition) is 3. The van der Waals surface area contributed by atoms with Gasteiger partial charge in [0.2, 0.25) is 5.91 Å². The second-order valence-electron chi connectivity index (χ2n) is 9.64. The fourth-order valence-corrected chi connectivity index (χ4v) is 5.07. The lowest BCUT2D eigenvalue weighted by atomic mass is 10.1. The van der Waals surface area contributed by atoms with Crippen molar-refractivity contribution in [1.29, 1.82) is 0 Å². The van der Waals surface area contributed by atoms with Crippen molar-refractivity contribution in [3.05, 3.63) is 60.3 Å². The van der Waals surface area contributed by atoms with Gasteiger partial charge in [-0.2, -0.15) is 5.10 Å². The molecule has 0 spiro atoms. The molecule has 40 heavy (non-hydrogen) atoms. The molecule has 1 atom stereocenters. The summed E-state index contributed by atoms with van der Waals surface area (Å²) in [5.74, 6) is 0.923. The largest absolute Gasteiger partial charge is 0.493 e. The molecule has 210 valence electrons. The number of anilines is 3. The molecule has 11 nitrogen and oxygen atoms in total. The highest BCUT2D eigenvalue weighted by molar-refractivity contribution is 5.96. The normalized spacial score (nSPS) is 15.4. The van der Waals surface area contributed by atoms with Crippen LogP contribution < -0.4 is 20.1 Å². The summed E-state index contributed by atoms with van der Waals surface area (Å²) in [6, 6.07) is 11.5. The smallest absolute Gasteiger partial charge is 0.223 e. The molecule has 4 aromatic rings. The van der Waals surface area contributed by atoms with E-state index in [1.54, 1.807) is 42.3 Å².